The molecule has 0 radical (unpaired) electrons. The predicted molar refractivity (Wildman–Crippen MR) is 54.8 cm³/mol. The fourth-order valence-electron chi connectivity index (χ4n) is 1.14. The molecule has 1 aromatic rings. The number of carbonyl (C=O) groups excluding carboxylic acids is 1. The van der Waals surface area contributed by atoms with Gasteiger partial charge in [-0.05, 0) is 18.2 Å². The summed E-state index contributed by atoms with van der Waals surface area (Å²) in [5.74, 6) is 0.674. The van der Waals surface area contributed by atoms with Gasteiger partial charge in [-0.15, -0.1) is 0 Å². The van der Waals surface area contributed by atoms with Gasteiger partial charge in [0.15, 0.2) is 6.29 Å². The van der Waals surface area contributed by atoms with E-state index in [0.717, 1.165) is 0 Å². The standard InChI is InChI=1S/C11H12F2O3/c12-3-5-15-10-1-2-11(16-6-4-13)9(7-10)8-14/h1-2,7-8H,3-6H2. The van der Waals surface area contributed by atoms with Gasteiger partial charge in [0, 0.05) is 0 Å². The van der Waals surface area contributed by atoms with E-state index in [2.05, 4.69) is 0 Å². The van der Waals surface area contributed by atoms with Crippen LogP contribution in [0, 0.1) is 0 Å². The van der Waals surface area contributed by atoms with Crippen molar-refractivity contribution in [3.8, 4) is 11.5 Å². The summed E-state index contributed by atoms with van der Waals surface area (Å²) < 4.78 is 33.7. The summed E-state index contributed by atoms with van der Waals surface area (Å²) in [6.45, 7) is -1.40. The molecule has 0 aliphatic heterocycles. The van der Waals surface area contributed by atoms with Crippen LogP contribution in [0.4, 0.5) is 8.78 Å². The summed E-state index contributed by atoms with van der Waals surface area (Å²) in [5, 5.41) is 0. The van der Waals surface area contributed by atoms with Crippen LogP contribution in [-0.4, -0.2) is 32.8 Å². The Bertz CT molecular complexity index is 342. The minimum absolute atomic E-state index is 0.0665. The Balaban J connectivity index is 2.75. The monoisotopic (exact) mass is 230 g/mol. The van der Waals surface area contributed by atoms with Crippen molar-refractivity contribution in [2.75, 3.05) is 26.6 Å². The molecule has 3 nitrogen and oxygen atoms in total. The van der Waals surface area contributed by atoms with Gasteiger partial charge in [-0.1, -0.05) is 0 Å². The first-order valence-electron chi connectivity index (χ1n) is 4.78. The lowest BCUT2D eigenvalue weighted by Gasteiger charge is -2.09. The van der Waals surface area contributed by atoms with Crippen LogP contribution in [0.2, 0.25) is 0 Å². The molecule has 0 bridgehead atoms. The van der Waals surface area contributed by atoms with Gasteiger partial charge in [0.25, 0.3) is 0 Å². The van der Waals surface area contributed by atoms with E-state index >= 15 is 0 Å². The number of alkyl halides is 2. The molecule has 0 N–H and O–H groups in total. The third kappa shape index (κ3) is 3.49. The number of ether oxygens (including phenoxy) is 2. The molecule has 0 saturated heterocycles. The highest BCUT2D eigenvalue weighted by molar-refractivity contribution is 5.80. The lowest BCUT2D eigenvalue weighted by molar-refractivity contribution is 0.111. The normalized spacial score (nSPS) is 9.88. The average molecular weight is 230 g/mol. The van der Waals surface area contributed by atoms with Crippen molar-refractivity contribution < 1.29 is 23.0 Å². The Morgan fingerprint density at radius 1 is 1.12 bits per heavy atom. The molecule has 0 fully saturated rings. The lowest BCUT2D eigenvalue weighted by Crippen LogP contribution is -2.03. The molecule has 0 amide bonds. The highest BCUT2D eigenvalue weighted by atomic mass is 19.1. The zero-order valence-corrected chi connectivity index (χ0v) is 8.62. The van der Waals surface area contributed by atoms with Crippen LogP contribution in [0.1, 0.15) is 10.4 Å². The minimum Gasteiger partial charge on any atom is -0.491 e. The zero-order valence-electron chi connectivity index (χ0n) is 8.62. The van der Waals surface area contributed by atoms with Crippen LogP contribution in [0.3, 0.4) is 0 Å². The largest absolute Gasteiger partial charge is 0.491 e. The summed E-state index contributed by atoms with van der Waals surface area (Å²) in [4.78, 5) is 10.7. The highest BCUT2D eigenvalue weighted by Gasteiger charge is 2.05. The third-order valence-corrected chi connectivity index (χ3v) is 1.79. The van der Waals surface area contributed by atoms with Gasteiger partial charge < -0.3 is 9.47 Å². The Morgan fingerprint density at radius 3 is 2.44 bits per heavy atom. The fraction of sp³-hybridized carbons (Fsp3) is 0.364. The Kier molecular flexibility index (Phi) is 5.25. The molecule has 0 aliphatic carbocycles. The molecule has 0 unspecified atom stereocenters. The molecule has 0 saturated carbocycles. The smallest absolute Gasteiger partial charge is 0.153 e. The second-order valence-corrected chi connectivity index (χ2v) is 2.89. The first-order chi connectivity index (χ1) is 7.81. The first kappa shape index (κ1) is 12.4. The van der Waals surface area contributed by atoms with Crippen LogP contribution in [-0.2, 0) is 0 Å². The second-order valence-electron chi connectivity index (χ2n) is 2.89. The maximum absolute atomic E-state index is 11.9. The van der Waals surface area contributed by atoms with E-state index < -0.39 is 13.3 Å². The van der Waals surface area contributed by atoms with Crippen LogP contribution in [0.15, 0.2) is 18.2 Å². The van der Waals surface area contributed by atoms with Crippen LogP contribution in [0.5, 0.6) is 11.5 Å². The molecule has 0 atom stereocenters. The summed E-state index contributed by atoms with van der Waals surface area (Å²) >= 11 is 0. The Hall–Kier alpha value is -1.65. The van der Waals surface area contributed by atoms with E-state index in [4.69, 9.17) is 9.47 Å². The lowest BCUT2D eigenvalue weighted by atomic mass is 10.2. The molecule has 0 heterocycles. The van der Waals surface area contributed by atoms with Crippen molar-refractivity contribution in [2.24, 2.45) is 0 Å². The van der Waals surface area contributed by atoms with Crippen molar-refractivity contribution in [1.82, 2.24) is 0 Å². The van der Waals surface area contributed by atoms with E-state index in [-0.39, 0.29) is 18.8 Å². The molecule has 1 aromatic carbocycles. The second kappa shape index (κ2) is 6.76. The van der Waals surface area contributed by atoms with Gasteiger partial charge in [-0.3, -0.25) is 4.79 Å². The minimum atomic E-state index is -0.627. The number of hydrogen-bond donors (Lipinski definition) is 0. The van der Waals surface area contributed by atoms with Gasteiger partial charge in [0.1, 0.15) is 38.1 Å². The SMILES string of the molecule is O=Cc1cc(OCCF)ccc1OCCF. The average Bonchev–Trinajstić information content (AvgIpc) is 2.34. The molecule has 88 valence electrons. The topological polar surface area (TPSA) is 35.5 Å². The number of carbonyl (C=O) groups is 1. The maximum Gasteiger partial charge on any atom is 0.153 e. The number of hydrogen-bond acceptors (Lipinski definition) is 3. The van der Waals surface area contributed by atoms with Gasteiger partial charge >= 0.3 is 0 Å². The molecule has 1 rings (SSSR count). The van der Waals surface area contributed by atoms with Crippen molar-refractivity contribution in [3.63, 3.8) is 0 Å². The fourth-order valence-corrected chi connectivity index (χ4v) is 1.14. The van der Waals surface area contributed by atoms with E-state index in [0.29, 0.717) is 17.8 Å². The van der Waals surface area contributed by atoms with E-state index in [1.807, 2.05) is 0 Å². The zero-order chi connectivity index (χ0) is 11.8. The predicted octanol–water partition coefficient (Wildman–Crippen LogP) is 2.20. The Labute approximate surface area is 92.0 Å². The summed E-state index contributed by atoms with van der Waals surface area (Å²) in [7, 11) is 0. The van der Waals surface area contributed by atoms with Gasteiger partial charge in [0.05, 0.1) is 5.56 Å². The van der Waals surface area contributed by atoms with Crippen molar-refractivity contribution in [2.45, 2.75) is 0 Å². The molecule has 0 aromatic heterocycles. The molecule has 5 heteroatoms. The number of benzene rings is 1. The summed E-state index contributed by atoms with van der Waals surface area (Å²) in [6, 6.07) is 4.46. The van der Waals surface area contributed by atoms with Gasteiger partial charge in [-0.2, -0.15) is 0 Å². The van der Waals surface area contributed by atoms with E-state index in [1.54, 1.807) is 0 Å². The maximum atomic E-state index is 11.9. The number of rotatable bonds is 7. The third-order valence-electron chi connectivity index (χ3n) is 1.79. The van der Waals surface area contributed by atoms with E-state index in [1.165, 1.54) is 18.2 Å². The van der Waals surface area contributed by atoms with Gasteiger partial charge in [-0.25, -0.2) is 8.78 Å². The van der Waals surface area contributed by atoms with Crippen molar-refractivity contribution >= 4 is 6.29 Å². The van der Waals surface area contributed by atoms with E-state index in [9.17, 15) is 13.6 Å². The molecular formula is C11H12F2O3. The quantitative estimate of drug-likeness (QED) is 0.673. The molecule has 0 aliphatic rings. The number of halogens is 2. The first-order valence-corrected chi connectivity index (χ1v) is 4.78. The van der Waals surface area contributed by atoms with Crippen molar-refractivity contribution in [3.05, 3.63) is 23.8 Å². The van der Waals surface area contributed by atoms with Crippen LogP contribution >= 0.6 is 0 Å². The van der Waals surface area contributed by atoms with Crippen LogP contribution < -0.4 is 9.47 Å². The number of aldehydes is 1. The summed E-state index contributed by atoms with van der Waals surface area (Å²) in [6.07, 6.45) is 0.579. The van der Waals surface area contributed by atoms with Crippen molar-refractivity contribution in [1.29, 1.82) is 0 Å². The Morgan fingerprint density at radius 2 is 1.81 bits per heavy atom. The van der Waals surface area contributed by atoms with Gasteiger partial charge in [0.2, 0.25) is 0 Å². The molecule has 0 spiro atoms. The van der Waals surface area contributed by atoms with Crippen LogP contribution in [0.25, 0.3) is 0 Å². The molecule has 16 heavy (non-hydrogen) atoms. The summed E-state index contributed by atoms with van der Waals surface area (Å²) in [5.41, 5.74) is 0.254. The molecular weight excluding hydrogens is 218 g/mol. The highest BCUT2D eigenvalue weighted by Crippen LogP contribution is 2.22.